The van der Waals surface area contributed by atoms with Gasteiger partial charge in [-0.3, -0.25) is 0 Å². The van der Waals surface area contributed by atoms with Crippen molar-refractivity contribution < 1.29 is 0 Å². The molecule has 0 saturated carbocycles. The Morgan fingerprint density at radius 1 is 1.83 bits per heavy atom. The number of aromatic nitrogens is 3. The number of allylic oxidation sites excluding steroid dienone is 1. The van der Waals surface area contributed by atoms with Gasteiger partial charge in [0.15, 0.2) is 0 Å². The van der Waals surface area contributed by atoms with Gasteiger partial charge in [0.25, 0.3) is 5.82 Å². The maximum absolute atomic E-state index is 8.41. The Balaban J connectivity index is 2.65. The van der Waals surface area contributed by atoms with Crippen LogP contribution in [0.4, 0.5) is 0 Å². The first kappa shape index (κ1) is 8.75. The Bertz CT molecular complexity index is 322. The van der Waals surface area contributed by atoms with E-state index in [4.69, 9.17) is 16.9 Å². The largest absolute Gasteiger partial charge is 0.252 e. The molecular formula is C7H7ClN4. The summed E-state index contributed by atoms with van der Waals surface area (Å²) in [7, 11) is 0. The van der Waals surface area contributed by atoms with Crippen molar-refractivity contribution in [3.05, 3.63) is 24.3 Å². The van der Waals surface area contributed by atoms with Crippen LogP contribution in [0.5, 0.6) is 0 Å². The maximum atomic E-state index is 8.41. The summed E-state index contributed by atoms with van der Waals surface area (Å²) in [6, 6.07) is 1.83. The highest BCUT2D eigenvalue weighted by Crippen LogP contribution is 1.98. The smallest absolute Gasteiger partial charge is 0.247 e. The second-order valence-corrected chi connectivity index (χ2v) is 2.53. The fourth-order valence-electron chi connectivity index (χ4n) is 0.693. The van der Waals surface area contributed by atoms with Crippen LogP contribution in [-0.2, 0) is 6.54 Å². The van der Waals surface area contributed by atoms with E-state index >= 15 is 0 Å². The van der Waals surface area contributed by atoms with E-state index < -0.39 is 0 Å². The number of hydrogen-bond acceptors (Lipinski definition) is 3. The molecule has 0 bridgehead atoms. The van der Waals surface area contributed by atoms with Crippen molar-refractivity contribution in [1.29, 1.82) is 5.26 Å². The first-order valence-electron chi connectivity index (χ1n) is 3.28. The molecule has 0 amide bonds. The van der Waals surface area contributed by atoms with Gasteiger partial charge < -0.3 is 0 Å². The normalized spacial score (nSPS) is 9.33. The van der Waals surface area contributed by atoms with Gasteiger partial charge in [0.1, 0.15) is 12.4 Å². The first-order valence-corrected chi connectivity index (χ1v) is 3.82. The minimum Gasteiger partial charge on any atom is -0.247 e. The molecule has 0 unspecified atom stereocenters. The van der Waals surface area contributed by atoms with Crippen molar-refractivity contribution in [3.63, 3.8) is 0 Å². The van der Waals surface area contributed by atoms with Crippen molar-refractivity contribution in [1.82, 2.24) is 14.8 Å². The Labute approximate surface area is 75.1 Å². The molecule has 0 aliphatic heterocycles. The number of nitrogens with zero attached hydrogens (tertiary/aromatic N) is 4. The third-order valence-corrected chi connectivity index (χ3v) is 1.59. The zero-order valence-corrected chi connectivity index (χ0v) is 7.12. The van der Waals surface area contributed by atoms with Crippen molar-refractivity contribution in [2.45, 2.75) is 6.54 Å². The summed E-state index contributed by atoms with van der Waals surface area (Å²) in [4.78, 5) is 3.73. The average molecular weight is 183 g/mol. The molecule has 0 aliphatic rings. The molecule has 62 valence electrons. The molecule has 0 aliphatic carbocycles. The van der Waals surface area contributed by atoms with Crippen molar-refractivity contribution >= 4 is 11.6 Å². The highest BCUT2D eigenvalue weighted by Gasteiger charge is 1.99. The van der Waals surface area contributed by atoms with Crippen molar-refractivity contribution in [3.8, 4) is 6.07 Å². The highest BCUT2D eigenvalue weighted by molar-refractivity contribution is 6.19. The van der Waals surface area contributed by atoms with E-state index in [1.165, 1.54) is 11.0 Å². The quantitative estimate of drug-likeness (QED) is 0.517. The van der Waals surface area contributed by atoms with E-state index in [-0.39, 0.29) is 5.82 Å². The molecule has 0 saturated heterocycles. The monoisotopic (exact) mass is 182 g/mol. The summed E-state index contributed by atoms with van der Waals surface area (Å²) in [5.74, 6) is 0.555. The van der Waals surface area contributed by atoms with E-state index in [2.05, 4.69) is 16.7 Å². The summed E-state index contributed by atoms with van der Waals surface area (Å²) < 4.78 is 1.53. The van der Waals surface area contributed by atoms with E-state index in [1.807, 2.05) is 6.07 Å². The van der Waals surface area contributed by atoms with E-state index in [0.29, 0.717) is 12.4 Å². The van der Waals surface area contributed by atoms with Crippen LogP contribution in [0.1, 0.15) is 5.82 Å². The van der Waals surface area contributed by atoms with Gasteiger partial charge in [0.05, 0.1) is 6.54 Å². The van der Waals surface area contributed by atoms with Gasteiger partial charge >= 0.3 is 0 Å². The molecule has 1 rings (SSSR count). The average Bonchev–Trinajstić information content (AvgIpc) is 2.52. The van der Waals surface area contributed by atoms with Gasteiger partial charge in [0, 0.05) is 5.88 Å². The van der Waals surface area contributed by atoms with E-state index in [1.54, 1.807) is 0 Å². The molecule has 0 aromatic carbocycles. The minimum absolute atomic E-state index is 0.164. The second-order valence-electron chi connectivity index (χ2n) is 2.26. The lowest BCUT2D eigenvalue weighted by atomic mass is 10.3. The van der Waals surface area contributed by atoms with Gasteiger partial charge in [-0.05, 0) is 5.57 Å². The van der Waals surface area contributed by atoms with Crippen LogP contribution in [0.2, 0.25) is 0 Å². The fourth-order valence-corrected chi connectivity index (χ4v) is 0.778. The molecule has 0 spiro atoms. The van der Waals surface area contributed by atoms with Crippen LogP contribution in [0.15, 0.2) is 18.5 Å². The molecule has 4 nitrogen and oxygen atoms in total. The summed E-state index contributed by atoms with van der Waals surface area (Å²) in [6.45, 7) is 4.21. The molecule has 1 aromatic rings. The molecule has 1 aromatic heterocycles. The molecule has 0 fully saturated rings. The van der Waals surface area contributed by atoms with Gasteiger partial charge in [-0.2, -0.15) is 5.26 Å². The predicted molar refractivity (Wildman–Crippen MR) is 44.6 cm³/mol. The molecule has 5 heteroatoms. The second kappa shape index (κ2) is 3.88. The zero-order valence-electron chi connectivity index (χ0n) is 6.37. The minimum atomic E-state index is 0.164. The van der Waals surface area contributed by atoms with Crippen LogP contribution in [0.25, 0.3) is 0 Å². The lowest BCUT2D eigenvalue weighted by Crippen LogP contribution is -2.01. The predicted octanol–water partition coefficient (Wildman–Crippen LogP) is 0.945. The third kappa shape index (κ3) is 2.07. The lowest BCUT2D eigenvalue weighted by Gasteiger charge is -1.98. The van der Waals surface area contributed by atoms with Crippen LogP contribution in [0, 0.1) is 11.3 Å². The fraction of sp³-hybridized carbons (Fsp3) is 0.286. The molecule has 0 radical (unpaired) electrons. The van der Waals surface area contributed by atoms with E-state index in [0.717, 1.165) is 5.57 Å². The van der Waals surface area contributed by atoms with Crippen LogP contribution < -0.4 is 0 Å². The van der Waals surface area contributed by atoms with Gasteiger partial charge in [0.2, 0.25) is 0 Å². The van der Waals surface area contributed by atoms with Crippen LogP contribution in [-0.4, -0.2) is 20.6 Å². The SMILES string of the molecule is C=C(CCl)Cn1cnc(C#N)n1. The third-order valence-electron chi connectivity index (χ3n) is 1.21. The molecular weight excluding hydrogens is 176 g/mol. The maximum Gasteiger partial charge on any atom is 0.252 e. The topological polar surface area (TPSA) is 54.5 Å². The van der Waals surface area contributed by atoms with Gasteiger partial charge in [-0.25, -0.2) is 9.67 Å². The highest BCUT2D eigenvalue weighted by atomic mass is 35.5. The molecule has 0 N–H and O–H groups in total. The Kier molecular flexibility index (Phi) is 2.83. The van der Waals surface area contributed by atoms with Crippen molar-refractivity contribution in [2.75, 3.05) is 5.88 Å². The first-order chi connectivity index (χ1) is 5.76. The van der Waals surface area contributed by atoms with Crippen molar-refractivity contribution in [2.24, 2.45) is 0 Å². The zero-order chi connectivity index (χ0) is 8.97. The number of rotatable bonds is 3. The van der Waals surface area contributed by atoms with E-state index in [9.17, 15) is 0 Å². The van der Waals surface area contributed by atoms with Crippen LogP contribution >= 0.6 is 11.6 Å². The summed E-state index contributed by atoms with van der Waals surface area (Å²) >= 11 is 5.52. The molecule has 12 heavy (non-hydrogen) atoms. The molecule has 0 atom stereocenters. The Morgan fingerprint density at radius 3 is 3.08 bits per heavy atom. The van der Waals surface area contributed by atoms with Gasteiger partial charge in [-0.15, -0.1) is 16.7 Å². The number of halogens is 1. The summed E-state index contributed by atoms with van der Waals surface area (Å²) in [6.07, 6.45) is 1.48. The summed E-state index contributed by atoms with van der Waals surface area (Å²) in [5.41, 5.74) is 0.839. The van der Waals surface area contributed by atoms with Gasteiger partial charge in [-0.1, -0.05) is 6.58 Å². The number of alkyl halides is 1. The lowest BCUT2D eigenvalue weighted by molar-refractivity contribution is 0.675. The standard InChI is InChI=1S/C7H7ClN4/c1-6(2-8)4-12-5-10-7(3-9)11-12/h5H,1-2,4H2. The summed E-state index contributed by atoms with van der Waals surface area (Å²) in [5, 5.41) is 12.2. The Morgan fingerprint density at radius 2 is 2.58 bits per heavy atom. The van der Waals surface area contributed by atoms with Crippen LogP contribution in [0.3, 0.4) is 0 Å². The molecule has 1 heterocycles. The number of hydrogen-bond donors (Lipinski definition) is 0. The number of nitriles is 1. The Hall–Kier alpha value is -1.34.